The van der Waals surface area contributed by atoms with E-state index in [1.54, 1.807) is 0 Å². The van der Waals surface area contributed by atoms with Gasteiger partial charge in [0.25, 0.3) is 5.56 Å². The van der Waals surface area contributed by atoms with E-state index in [9.17, 15) is 4.79 Å². The minimum absolute atomic E-state index is 0.157. The summed E-state index contributed by atoms with van der Waals surface area (Å²) < 4.78 is 1.25. The Balaban J connectivity index is 2.19. The highest BCUT2D eigenvalue weighted by atomic mass is 35.5. The van der Waals surface area contributed by atoms with Gasteiger partial charge in [-0.25, -0.2) is 4.68 Å². The summed E-state index contributed by atoms with van der Waals surface area (Å²) in [4.78, 5) is 12.2. The molecular weight excluding hydrogens is 262 g/mol. The Morgan fingerprint density at radius 1 is 1.68 bits per heavy atom. The molecule has 1 atom stereocenters. The normalized spacial score (nSPS) is 15.8. The highest BCUT2D eigenvalue weighted by Crippen LogP contribution is 2.35. The molecule has 0 saturated heterocycles. The summed E-state index contributed by atoms with van der Waals surface area (Å²) in [7, 11) is 0. The van der Waals surface area contributed by atoms with Crippen molar-refractivity contribution >= 4 is 17.3 Å². The van der Waals surface area contributed by atoms with Crippen LogP contribution in [0.15, 0.2) is 11.0 Å². The predicted octanol–water partition coefficient (Wildman–Crippen LogP) is 2.52. The van der Waals surface area contributed by atoms with E-state index in [2.05, 4.69) is 23.3 Å². The molecule has 2 rings (SSSR count). The maximum atomic E-state index is 12.2. The average molecular weight is 280 g/mol. The van der Waals surface area contributed by atoms with Crippen LogP contribution in [0.5, 0.6) is 0 Å². The smallest absolute Gasteiger partial charge is 0.292 e. The fourth-order valence-electron chi connectivity index (χ4n) is 2.09. The Labute approximate surface area is 118 Å². The van der Waals surface area contributed by atoms with Gasteiger partial charge < -0.3 is 5.32 Å². The third-order valence-electron chi connectivity index (χ3n) is 3.39. The molecule has 4 nitrogen and oxygen atoms in total. The van der Waals surface area contributed by atoms with E-state index in [1.165, 1.54) is 23.7 Å². The summed E-state index contributed by atoms with van der Waals surface area (Å²) in [6.07, 6.45) is 11.3. The molecular formula is C14H18ClN3O. The van der Waals surface area contributed by atoms with Gasteiger partial charge in [0.2, 0.25) is 0 Å². The van der Waals surface area contributed by atoms with Crippen molar-refractivity contribution in [1.82, 2.24) is 9.78 Å². The Morgan fingerprint density at radius 3 is 3.00 bits per heavy atom. The molecule has 0 spiro atoms. The number of hydrogen-bond acceptors (Lipinski definition) is 3. The number of anilines is 1. The average Bonchev–Trinajstić information content (AvgIpc) is 3.20. The van der Waals surface area contributed by atoms with Crippen molar-refractivity contribution in [3.63, 3.8) is 0 Å². The van der Waals surface area contributed by atoms with Gasteiger partial charge in [0.1, 0.15) is 12.2 Å². The highest BCUT2D eigenvalue weighted by Gasteiger charge is 2.25. The Morgan fingerprint density at radius 2 is 2.42 bits per heavy atom. The first-order valence-corrected chi connectivity index (χ1v) is 6.99. The molecule has 1 fully saturated rings. The number of hydrogen-bond donors (Lipinski definition) is 1. The predicted molar refractivity (Wildman–Crippen MR) is 77.4 cm³/mol. The van der Waals surface area contributed by atoms with E-state index in [1.807, 2.05) is 0 Å². The number of aromatic nitrogens is 2. The minimum Gasteiger partial charge on any atom is -0.377 e. The second-order valence-corrected chi connectivity index (χ2v) is 5.37. The van der Waals surface area contributed by atoms with Crippen LogP contribution in [0, 0.1) is 18.3 Å². The van der Waals surface area contributed by atoms with Crippen LogP contribution in [0.1, 0.15) is 32.6 Å². The van der Waals surface area contributed by atoms with Gasteiger partial charge in [-0.3, -0.25) is 4.79 Å². The quantitative estimate of drug-likeness (QED) is 0.814. The summed E-state index contributed by atoms with van der Waals surface area (Å²) >= 11 is 6.06. The van der Waals surface area contributed by atoms with Crippen LogP contribution in [0.25, 0.3) is 0 Å². The zero-order valence-electron chi connectivity index (χ0n) is 11.0. The summed E-state index contributed by atoms with van der Waals surface area (Å²) in [5.41, 5.74) is 0.166. The molecule has 0 radical (unpaired) electrons. The van der Waals surface area contributed by atoms with Crippen LogP contribution in [-0.4, -0.2) is 15.8 Å². The van der Waals surface area contributed by atoms with Crippen LogP contribution < -0.4 is 10.9 Å². The summed E-state index contributed by atoms with van der Waals surface area (Å²) in [6, 6.07) is 0.277. The van der Waals surface area contributed by atoms with Crippen molar-refractivity contribution in [1.29, 1.82) is 0 Å². The molecule has 1 N–H and O–H groups in total. The first kappa shape index (κ1) is 14.0. The zero-order chi connectivity index (χ0) is 13.8. The SMILES string of the molecule is C#CCn1ncc(Cl)c(NC(CC)CC2CC2)c1=O. The van der Waals surface area contributed by atoms with Crippen molar-refractivity contribution in [2.24, 2.45) is 5.92 Å². The Bertz CT molecular complexity index is 543. The third-order valence-corrected chi connectivity index (χ3v) is 3.68. The van der Waals surface area contributed by atoms with E-state index >= 15 is 0 Å². The lowest BCUT2D eigenvalue weighted by atomic mass is 10.1. The lowest BCUT2D eigenvalue weighted by Crippen LogP contribution is -2.30. The van der Waals surface area contributed by atoms with Crippen LogP contribution in [0.2, 0.25) is 5.02 Å². The largest absolute Gasteiger partial charge is 0.377 e. The molecule has 1 unspecified atom stereocenters. The third kappa shape index (κ3) is 3.51. The lowest BCUT2D eigenvalue weighted by Gasteiger charge is -2.18. The summed E-state index contributed by atoms with van der Waals surface area (Å²) in [6.45, 7) is 2.26. The summed E-state index contributed by atoms with van der Waals surface area (Å²) in [5.74, 6) is 3.21. The molecule has 0 bridgehead atoms. The Kier molecular flexibility index (Phi) is 4.49. The number of nitrogens with one attached hydrogen (secondary N) is 1. The number of terminal acetylenes is 1. The van der Waals surface area contributed by atoms with Crippen molar-refractivity contribution in [2.45, 2.75) is 45.2 Å². The van der Waals surface area contributed by atoms with E-state index in [4.69, 9.17) is 18.0 Å². The number of halogens is 1. The molecule has 1 aliphatic carbocycles. The maximum absolute atomic E-state index is 12.2. The first-order chi connectivity index (χ1) is 9.15. The zero-order valence-corrected chi connectivity index (χ0v) is 11.8. The molecule has 1 saturated carbocycles. The first-order valence-electron chi connectivity index (χ1n) is 6.61. The molecule has 1 heterocycles. The number of rotatable bonds is 6. The lowest BCUT2D eigenvalue weighted by molar-refractivity contribution is 0.582. The summed E-state index contributed by atoms with van der Waals surface area (Å²) in [5, 5.41) is 7.54. The van der Waals surface area contributed by atoms with Crippen molar-refractivity contribution in [3.8, 4) is 12.3 Å². The number of nitrogens with zero attached hydrogens (tertiary/aromatic N) is 2. The van der Waals surface area contributed by atoms with Crippen molar-refractivity contribution in [2.75, 3.05) is 5.32 Å². The minimum atomic E-state index is -0.250. The van der Waals surface area contributed by atoms with Crippen molar-refractivity contribution < 1.29 is 0 Å². The monoisotopic (exact) mass is 279 g/mol. The van der Waals surface area contributed by atoms with Gasteiger partial charge in [-0.1, -0.05) is 37.3 Å². The van der Waals surface area contributed by atoms with Crippen LogP contribution >= 0.6 is 11.6 Å². The Hall–Kier alpha value is -1.47. The molecule has 102 valence electrons. The van der Waals surface area contributed by atoms with Gasteiger partial charge in [0.15, 0.2) is 0 Å². The molecule has 1 aromatic rings. The van der Waals surface area contributed by atoms with E-state index in [0.29, 0.717) is 10.7 Å². The molecule has 1 aromatic heterocycles. The van der Waals surface area contributed by atoms with Crippen LogP contribution in [-0.2, 0) is 6.54 Å². The second-order valence-electron chi connectivity index (χ2n) is 4.96. The van der Waals surface area contributed by atoms with Crippen LogP contribution in [0.3, 0.4) is 0 Å². The fourth-order valence-corrected chi connectivity index (χ4v) is 2.27. The molecule has 0 aliphatic heterocycles. The fraction of sp³-hybridized carbons (Fsp3) is 0.571. The van der Waals surface area contributed by atoms with Crippen LogP contribution in [0.4, 0.5) is 5.69 Å². The molecule has 1 aliphatic rings. The van der Waals surface area contributed by atoms with E-state index in [-0.39, 0.29) is 18.1 Å². The topological polar surface area (TPSA) is 46.9 Å². The highest BCUT2D eigenvalue weighted by molar-refractivity contribution is 6.33. The van der Waals surface area contributed by atoms with Gasteiger partial charge in [-0.15, -0.1) is 6.42 Å². The van der Waals surface area contributed by atoms with E-state index < -0.39 is 0 Å². The van der Waals surface area contributed by atoms with Gasteiger partial charge in [-0.2, -0.15) is 5.10 Å². The van der Waals surface area contributed by atoms with Gasteiger partial charge in [0.05, 0.1) is 11.2 Å². The second kappa shape index (κ2) is 6.12. The van der Waals surface area contributed by atoms with Gasteiger partial charge in [-0.05, 0) is 18.8 Å². The maximum Gasteiger partial charge on any atom is 0.292 e. The standard InChI is InChI=1S/C14H18ClN3O/c1-3-7-18-14(19)13(12(15)9-16-18)17-11(4-2)8-10-5-6-10/h1,9-11,17H,4-8H2,2H3. The molecule has 0 amide bonds. The van der Waals surface area contributed by atoms with E-state index in [0.717, 1.165) is 18.8 Å². The van der Waals surface area contributed by atoms with Gasteiger partial charge in [0, 0.05) is 6.04 Å². The molecule has 0 aromatic carbocycles. The van der Waals surface area contributed by atoms with Gasteiger partial charge >= 0.3 is 0 Å². The molecule has 19 heavy (non-hydrogen) atoms. The van der Waals surface area contributed by atoms with Crippen molar-refractivity contribution in [3.05, 3.63) is 21.6 Å². The molecule has 5 heteroatoms.